The van der Waals surface area contributed by atoms with Gasteiger partial charge in [-0.05, 0) is 31.5 Å². The molecule has 0 unspecified atom stereocenters. The highest BCUT2D eigenvalue weighted by Crippen LogP contribution is 2.22. The Morgan fingerprint density at radius 1 is 1.36 bits per heavy atom. The van der Waals surface area contributed by atoms with Gasteiger partial charge in [0.2, 0.25) is 0 Å². The van der Waals surface area contributed by atoms with Crippen LogP contribution in [0.25, 0.3) is 10.9 Å². The van der Waals surface area contributed by atoms with Crippen molar-refractivity contribution in [1.82, 2.24) is 4.57 Å². The summed E-state index contributed by atoms with van der Waals surface area (Å²) in [7, 11) is 0. The lowest BCUT2D eigenvalue weighted by Gasteiger charge is -2.02. The molecule has 0 spiro atoms. The zero-order valence-electron chi connectivity index (χ0n) is 8.45. The van der Waals surface area contributed by atoms with Gasteiger partial charge in [0.1, 0.15) is 6.29 Å². The number of rotatable bonds is 2. The third kappa shape index (κ3) is 1.23. The van der Waals surface area contributed by atoms with Gasteiger partial charge in [0, 0.05) is 16.6 Å². The Bertz CT molecular complexity index is 482. The van der Waals surface area contributed by atoms with Crippen LogP contribution in [-0.2, 0) is 11.3 Å². The first-order valence-corrected chi connectivity index (χ1v) is 4.73. The number of carbonyl (C=O) groups is 1. The Morgan fingerprint density at radius 2 is 2.14 bits per heavy atom. The molecule has 1 aromatic heterocycles. The van der Waals surface area contributed by atoms with Gasteiger partial charge in [-0.1, -0.05) is 12.1 Å². The second kappa shape index (κ2) is 3.29. The Kier molecular flexibility index (Phi) is 2.12. The average molecular weight is 187 g/mol. The number of benzene rings is 1. The van der Waals surface area contributed by atoms with Gasteiger partial charge in [-0.3, -0.25) is 0 Å². The lowest BCUT2D eigenvalue weighted by Crippen LogP contribution is -2.00. The van der Waals surface area contributed by atoms with Crippen molar-refractivity contribution in [3.8, 4) is 0 Å². The maximum absolute atomic E-state index is 10.5. The number of carbonyl (C=O) groups excluding carboxylic acids is 1. The molecule has 2 nitrogen and oxygen atoms in total. The monoisotopic (exact) mass is 187 g/mol. The molecule has 2 rings (SSSR count). The Hall–Kier alpha value is -1.57. The van der Waals surface area contributed by atoms with Gasteiger partial charge in [-0.15, -0.1) is 0 Å². The summed E-state index contributed by atoms with van der Waals surface area (Å²) < 4.78 is 2.04. The summed E-state index contributed by atoms with van der Waals surface area (Å²) in [6.45, 7) is 4.56. The summed E-state index contributed by atoms with van der Waals surface area (Å²) in [5.74, 6) is 0. The molecule has 2 aromatic rings. The fourth-order valence-electron chi connectivity index (χ4n) is 1.88. The highest BCUT2D eigenvalue weighted by Gasteiger charge is 2.05. The fraction of sp³-hybridized carbons (Fsp3) is 0.250. The highest BCUT2D eigenvalue weighted by atomic mass is 16.1. The third-order valence-corrected chi connectivity index (χ3v) is 2.63. The largest absolute Gasteiger partial charge is 0.338 e. The molecule has 0 saturated heterocycles. The quantitative estimate of drug-likeness (QED) is 0.662. The molecule has 0 bridgehead atoms. The molecule has 14 heavy (non-hydrogen) atoms. The van der Waals surface area contributed by atoms with E-state index in [1.54, 1.807) is 0 Å². The van der Waals surface area contributed by atoms with Crippen molar-refractivity contribution in [1.29, 1.82) is 0 Å². The lowest BCUT2D eigenvalue weighted by atomic mass is 10.1. The molecule has 0 aliphatic rings. The van der Waals surface area contributed by atoms with Crippen molar-refractivity contribution in [2.75, 3.05) is 0 Å². The summed E-state index contributed by atoms with van der Waals surface area (Å²) in [5, 5.41) is 1.24. The predicted molar refractivity (Wildman–Crippen MR) is 57.5 cm³/mol. The number of aryl methyl sites for hydroxylation is 2. The predicted octanol–water partition coefficient (Wildman–Crippen LogP) is 2.46. The molecular weight excluding hydrogens is 174 g/mol. The molecule has 0 fully saturated rings. The second-order valence-electron chi connectivity index (χ2n) is 3.57. The fourth-order valence-corrected chi connectivity index (χ4v) is 1.88. The van der Waals surface area contributed by atoms with E-state index in [2.05, 4.69) is 25.1 Å². The molecule has 0 aliphatic heterocycles. The molecule has 1 aromatic carbocycles. The van der Waals surface area contributed by atoms with Gasteiger partial charge in [-0.25, -0.2) is 0 Å². The molecule has 0 amide bonds. The first kappa shape index (κ1) is 9.00. The van der Waals surface area contributed by atoms with Crippen molar-refractivity contribution in [3.63, 3.8) is 0 Å². The number of fused-ring (bicyclic) bond motifs is 1. The van der Waals surface area contributed by atoms with Gasteiger partial charge in [0.15, 0.2) is 0 Å². The van der Waals surface area contributed by atoms with Gasteiger partial charge in [0.25, 0.3) is 0 Å². The van der Waals surface area contributed by atoms with E-state index in [1.807, 2.05) is 17.6 Å². The summed E-state index contributed by atoms with van der Waals surface area (Å²) in [6.07, 6.45) is 0.939. The van der Waals surface area contributed by atoms with E-state index in [1.165, 1.54) is 10.9 Å². The third-order valence-electron chi connectivity index (χ3n) is 2.63. The minimum Gasteiger partial charge on any atom is -0.338 e. The summed E-state index contributed by atoms with van der Waals surface area (Å²) in [5.41, 5.74) is 3.55. The molecule has 0 saturated carbocycles. The van der Waals surface area contributed by atoms with Gasteiger partial charge < -0.3 is 9.36 Å². The van der Waals surface area contributed by atoms with Crippen LogP contribution in [0.2, 0.25) is 0 Å². The average Bonchev–Trinajstić information content (AvgIpc) is 2.47. The molecule has 0 aliphatic carbocycles. The van der Waals surface area contributed by atoms with Crippen LogP contribution in [0.1, 0.15) is 11.3 Å². The first-order valence-electron chi connectivity index (χ1n) is 4.73. The van der Waals surface area contributed by atoms with Crippen LogP contribution in [0, 0.1) is 13.8 Å². The van der Waals surface area contributed by atoms with Crippen LogP contribution < -0.4 is 0 Å². The van der Waals surface area contributed by atoms with Crippen LogP contribution in [-0.4, -0.2) is 10.9 Å². The Labute approximate surface area is 83.2 Å². The van der Waals surface area contributed by atoms with Gasteiger partial charge >= 0.3 is 0 Å². The van der Waals surface area contributed by atoms with Crippen LogP contribution in [0.4, 0.5) is 0 Å². The standard InChI is InChI=1S/C12H13NO/c1-9-4-3-5-12-11(9)8-10(2)13(12)6-7-14/h3-5,7-8H,6H2,1-2H3. The summed E-state index contributed by atoms with van der Waals surface area (Å²) >= 11 is 0. The van der Waals surface area contributed by atoms with E-state index >= 15 is 0 Å². The minimum absolute atomic E-state index is 0.443. The van der Waals surface area contributed by atoms with Gasteiger partial charge in [0.05, 0.1) is 6.54 Å². The van der Waals surface area contributed by atoms with E-state index in [0.717, 1.165) is 17.5 Å². The van der Waals surface area contributed by atoms with Gasteiger partial charge in [-0.2, -0.15) is 0 Å². The second-order valence-corrected chi connectivity index (χ2v) is 3.57. The van der Waals surface area contributed by atoms with Crippen molar-refractivity contribution in [3.05, 3.63) is 35.5 Å². The van der Waals surface area contributed by atoms with E-state index < -0.39 is 0 Å². The van der Waals surface area contributed by atoms with Crippen LogP contribution in [0.15, 0.2) is 24.3 Å². The molecular formula is C12H13NO. The number of hydrogen-bond donors (Lipinski definition) is 0. The van der Waals surface area contributed by atoms with Crippen molar-refractivity contribution in [2.24, 2.45) is 0 Å². The molecule has 0 atom stereocenters. The molecule has 0 radical (unpaired) electrons. The van der Waals surface area contributed by atoms with E-state index in [0.29, 0.717) is 6.54 Å². The summed E-state index contributed by atoms with van der Waals surface area (Å²) in [4.78, 5) is 10.5. The number of aromatic nitrogens is 1. The zero-order chi connectivity index (χ0) is 10.1. The first-order chi connectivity index (χ1) is 6.74. The topological polar surface area (TPSA) is 22.0 Å². The lowest BCUT2D eigenvalue weighted by molar-refractivity contribution is -0.108. The SMILES string of the molecule is Cc1cccc2c1cc(C)n2CC=O. The number of aldehydes is 1. The van der Waals surface area contributed by atoms with E-state index in [-0.39, 0.29) is 0 Å². The number of hydrogen-bond acceptors (Lipinski definition) is 1. The van der Waals surface area contributed by atoms with Crippen LogP contribution in [0.3, 0.4) is 0 Å². The smallest absolute Gasteiger partial charge is 0.139 e. The van der Waals surface area contributed by atoms with Crippen LogP contribution in [0.5, 0.6) is 0 Å². The van der Waals surface area contributed by atoms with Crippen molar-refractivity contribution < 1.29 is 4.79 Å². The number of nitrogens with zero attached hydrogens (tertiary/aromatic N) is 1. The molecule has 72 valence electrons. The van der Waals surface area contributed by atoms with Crippen molar-refractivity contribution in [2.45, 2.75) is 20.4 Å². The van der Waals surface area contributed by atoms with Crippen LogP contribution >= 0.6 is 0 Å². The maximum atomic E-state index is 10.5. The Balaban J connectivity index is 2.76. The normalized spacial score (nSPS) is 10.7. The minimum atomic E-state index is 0.443. The molecule has 2 heteroatoms. The Morgan fingerprint density at radius 3 is 2.86 bits per heavy atom. The summed E-state index contributed by atoms with van der Waals surface area (Å²) in [6, 6.07) is 8.30. The van der Waals surface area contributed by atoms with E-state index in [4.69, 9.17) is 0 Å². The molecule has 1 heterocycles. The zero-order valence-corrected chi connectivity index (χ0v) is 8.45. The van der Waals surface area contributed by atoms with E-state index in [9.17, 15) is 4.79 Å². The molecule has 0 N–H and O–H groups in total. The maximum Gasteiger partial charge on any atom is 0.139 e. The van der Waals surface area contributed by atoms with Crippen molar-refractivity contribution >= 4 is 17.2 Å². The highest BCUT2D eigenvalue weighted by molar-refractivity contribution is 5.85.